The van der Waals surface area contributed by atoms with Crippen LogP contribution in [0.3, 0.4) is 0 Å². The molecule has 2 saturated heterocycles. The Labute approximate surface area is 240 Å². The summed E-state index contributed by atoms with van der Waals surface area (Å²) in [5.74, 6) is 2.05. The lowest BCUT2D eigenvalue weighted by atomic mass is 10.0. The molecule has 0 radical (unpaired) electrons. The maximum atomic E-state index is 13.1. The first-order valence-electron chi connectivity index (χ1n) is 14.6. The Hall–Kier alpha value is -4.49. The van der Waals surface area contributed by atoms with Crippen molar-refractivity contribution in [1.29, 1.82) is 0 Å². The van der Waals surface area contributed by atoms with Gasteiger partial charge in [0.25, 0.3) is 0 Å². The molecule has 2 atom stereocenters. The van der Waals surface area contributed by atoms with Gasteiger partial charge >= 0.3 is 0 Å². The zero-order valence-electron chi connectivity index (χ0n) is 23.0. The fourth-order valence-electron chi connectivity index (χ4n) is 6.14. The molecular weight excluding hydrogens is 508 g/mol. The molecule has 1 amide bonds. The van der Waals surface area contributed by atoms with Gasteiger partial charge in [0.05, 0.1) is 42.3 Å². The number of rotatable bonds is 7. The maximum Gasteiger partial charge on any atom is 0.227 e. The topological polar surface area (TPSA) is 89.7 Å². The highest BCUT2D eigenvalue weighted by molar-refractivity contribution is 5.79. The van der Waals surface area contributed by atoms with Gasteiger partial charge in [-0.2, -0.15) is 0 Å². The molecule has 0 spiro atoms. The molecule has 206 valence electrons. The molecule has 0 bridgehead atoms. The van der Waals surface area contributed by atoms with Gasteiger partial charge in [0, 0.05) is 6.54 Å². The summed E-state index contributed by atoms with van der Waals surface area (Å²) in [6.45, 7) is 1.84. The highest BCUT2D eigenvalue weighted by Gasteiger charge is 2.32. The van der Waals surface area contributed by atoms with E-state index in [1.807, 2.05) is 47.6 Å². The second-order valence-corrected chi connectivity index (χ2v) is 11.1. The van der Waals surface area contributed by atoms with Crippen LogP contribution in [0.4, 0.5) is 0 Å². The van der Waals surface area contributed by atoms with E-state index in [9.17, 15) is 4.79 Å². The summed E-state index contributed by atoms with van der Waals surface area (Å²) in [7, 11) is 0. The molecule has 2 fully saturated rings. The fraction of sp³-hybridized carbons (Fsp3) is 0.265. The summed E-state index contributed by atoms with van der Waals surface area (Å²) in [5.41, 5.74) is 7.61. The predicted octanol–water partition coefficient (Wildman–Crippen LogP) is 6.46. The zero-order chi connectivity index (χ0) is 27.6. The Kier molecular flexibility index (Phi) is 6.95. The molecule has 7 rings (SSSR count). The van der Waals surface area contributed by atoms with Crippen LogP contribution in [0.15, 0.2) is 91.3 Å². The molecule has 0 aliphatic carbocycles. The van der Waals surface area contributed by atoms with Crippen LogP contribution >= 0.6 is 0 Å². The molecule has 3 aromatic carbocycles. The van der Waals surface area contributed by atoms with Crippen molar-refractivity contribution in [3.8, 4) is 33.6 Å². The number of H-pyrrole nitrogens is 2. The highest BCUT2D eigenvalue weighted by Crippen LogP contribution is 2.33. The first-order chi connectivity index (χ1) is 20.2. The molecular formula is C34H34N6O. The average Bonchev–Trinajstić information content (AvgIpc) is 3.84. The number of hydrogen-bond acceptors (Lipinski definition) is 4. The van der Waals surface area contributed by atoms with Crippen molar-refractivity contribution in [2.45, 2.75) is 44.2 Å². The number of carbonyl (C=O) groups excluding carboxylic acids is 1. The van der Waals surface area contributed by atoms with Crippen LogP contribution in [-0.2, 0) is 11.2 Å². The number of nitrogens with zero attached hydrogens (tertiary/aromatic N) is 3. The molecule has 3 N–H and O–H groups in total. The largest absolute Gasteiger partial charge is 0.341 e. The molecule has 7 nitrogen and oxygen atoms in total. The van der Waals surface area contributed by atoms with E-state index in [2.05, 4.69) is 68.8 Å². The van der Waals surface area contributed by atoms with E-state index < -0.39 is 0 Å². The average molecular weight is 543 g/mol. The predicted molar refractivity (Wildman–Crippen MR) is 161 cm³/mol. The van der Waals surface area contributed by atoms with E-state index in [0.29, 0.717) is 12.5 Å². The minimum absolute atomic E-state index is 0.00173. The number of amides is 1. The summed E-state index contributed by atoms with van der Waals surface area (Å²) >= 11 is 0. The van der Waals surface area contributed by atoms with Crippen LogP contribution in [-0.4, -0.2) is 43.8 Å². The number of hydrogen-bond donors (Lipinski definition) is 3. The van der Waals surface area contributed by atoms with E-state index >= 15 is 0 Å². The molecule has 0 saturated carbocycles. The van der Waals surface area contributed by atoms with Crippen molar-refractivity contribution in [1.82, 2.24) is 30.2 Å². The van der Waals surface area contributed by atoms with Gasteiger partial charge in [0.1, 0.15) is 11.6 Å². The molecule has 2 aliphatic heterocycles. The van der Waals surface area contributed by atoms with Gasteiger partial charge in [0.2, 0.25) is 5.91 Å². The normalized spacial score (nSPS) is 18.7. The maximum absolute atomic E-state index is 13.1. The third kappa shape index (κ3) is 5.33. The number of aromatic nitrogens is 4. The lowest BCUT2D eigenvalue weighted by Gasteiger charge is -2.23. The number of imidazole rings is 2. The summed E-state index contributed by atoms with van der Waals surface area (Å²) in [4.78, 5) is 31.4. The quantitative estimate of drug-likeness (QED) is 0.220. The van der Waals surface area contributed by atoms with Crippen molar-refractivity contribution in [2.24, 2.45) is 0 Å². The van der Waals surface area contributed by atoms with E-state index in [0.717, 1.165) is 77.6 Å². The van der Waals surface area contributed by atoms with Crippen molar-refractivity contribution >= 4 is 5.91 Å². The Bertz CT molecular complexity index is 1610. The SMILES string of the molecule is O=C(Cc1ccccc1)N1CCC[C@H]1c1ncc(-c2ccc(-c3ccc(-c4cnc([C@@H]5CCCN5)[nH]4)cc3)cc2)[nH]1. The minimum atomic E-state index is -0.00173. The number of nitrogens with one attached hydrogen (secondary N) is 3. The van der Waals surface area contributed by atoms with Crippen LogP contribution in [0.5, 0.6) is 0 Å². The Balaban J connectivity index is 1.02. The van der Waals surface area contributed by atoms with Crippen molar-refractivity contribution in [2.75, 3.05) is 13.1 Å². The summed E-state index contributed by atoms with van der Waals surface area (Å²) in [6.07, 6.45) is 8.50. The van der Waals surface area contributed by atoms with Gasteiger partial charge in [-0.05, 0) is 60.0 Å². The van der Waals surface area contributed by atoms with Gasteiger partial charge in [-0.1, -0.05) is 78.9 Å². The van der Waals surface area contributed by atoms with Crippen LogP contribution in [0, 0.1) is 0 Å². The van der Waals surface area contributed by atoms with E-state index in [4.69, 9.17) is 4.98 Å². The smallest absolute Gasteiger partial charge is 0.227 e. The van der Waals surface area contributed by atoms with Crippen LogP contribution in [0.1, 0.15) is 55.0 Å². The second kappa shape index (κ2) is 11.2. The van der Waals surface area contributed by atoms with E-state index in [1.54, 1.807) is 0 Å². The Morgan fingerprint density at radius 2 is 1.34 bits per heavy atom. The summed E-state index contributed by atoms with van der Waals surface area (Å²) < 4.78 is 0. The van der Waals surface area contributed by atoms with Crippen LogP contribution in [0.25, 0.3) is 33.6 Å². The number of aromatic amines is 2. The second-order valence-electron chi connectivity index (χ2n) is 11.1. The number of benzene rings is 3. The third-order valence-corrected chi connectivity index (χ3v) is 8.39. The standard InChI is InChI=1S/C34H34N6O/c41-32(20-23-6-2-1-3-7-23)40-19-5-9-31(40)34-37-22-30(39-34)27-16-12-25(13-17-27)24-10-14-26(15-11-24)29-21-36-33(38-29)28-8-4-18-35-28/h1-3,6-7,10-17,21-22,28,31,35H,4-5,8-9,18-20H2,(H,36,38)(H,37,39)/t28-,31-/m0/s1. The van der Waals surface area contributed by atoms with Crippen molar-refractivity contribution < 1.29 is 4.79 Å². The molecule has 2 aromatic heterocycles. The third-order valence-electron chi connectivity index (χ3n) is 8.39. The van der Waals surface area contributed by atoms with Gasteiger partial charge < -0.3 is 20.2 Å². The monoisotopic (exact) mass is 542 g/mol. The lowest BCUT2D eigenvalue weighted by Crippen LogP contribution is -2.32. The van der Waals surface area contributed by atoms with Gasteiger partial charge in [0.15, 0.2) is 0 Å². The van der Waals surface area contributed by atoms with Crippen molar-refractivity contribution in [3.63, 3.8) is 0 Å². The van der Waals surface area contributed by atoms with Crippen LogP contribution < -0.4 is 5.32 Å². The summed E-state index contributed by atoms with van der Waals surface area (Å²) in [6, 6.07) is 27.5. The van der Waals surface area contributed by atoms with Gasteiger partial charge in [-0.3, -0.25) is 4.79 Å². The Morgan fingerprint density at radius 1 is 0.732 bits per heavy atom. The highest BCUT2D eigenvalue weighted by atomic mass is 16.2. The van der Waals surface area contributed by atoms with Gasteiger partial charge in [-0.25, -0.2) is 9.97 Å². The summed E-state index contributed by atoms with van der Waals surface area (Å²) in [5, 5.41) is 3.50. The van der Waals surface area contributed by atoms with Gasteiger partial charge in [-0.15, -0.1) is 0 Å². The molecule has 5 aromatic rings. The van der Waals surface area contributed by atoms with E-state index in [-0.39, 0.29) is 11.9 Å². The Morgan fingerprint density at radius 3 is 1.98 bits per heavy atom. The minimum Gasteiger partial charge on any atom is -0.341 e. The first kappa shape index (κ1) is 25.5. The molecule has 0 unspecified atom stereocenters. The number of carbonyl (C=O) groups is 1. The number of likely N-dealkylation sites (tertiary alicyclic amines) is 1. The van der Waals surface area contributed by atoms with E-state index in [1.165, 1.54) is 12.0 Å². The first-order valence-corrected chi connectivity index (χ1v) is 14.6. The molecule has 7 heteroatoms. The van der Waals surface area contributed by atoms with Crippen LogP contribution in [0.2, 0.25) is 0 Å². The molecule has 2 aliphatic rings. The lowest BCUT2D eigenvalue weighted by molar-refractivity contribution is -0.131. The van der Waals surface area contributed by atoms with Crippen molar-refractivity contribution in [3.05, 3.63) is 108 Å². The zero-order valence-corrected chi connectivity index (χ0v) is 23.0. The molecule has 41 heavy (non-hydrogen) atoms. The molecule has 4 heterocycles. The fourth-order valence-corrected chi connectivity index (χ4v) is 6.14.